The number of ether oxygens (including phenoxy) is 1. The lowest BCUT2D eigenvalue weighted by Crippen LogP contribution is -2.42. The van der Waals surface area contributed by atoms with Gasteiger partial charge in [-0.25, -0.2) is 0 Å². The molecule has 0 radical (unpaired) electrons. The predicted octanol–water partition coefficient (Wildman–Crippen LogP) is -0.182. The van der Waals surface area contributed by atoms with Crippen molar-refractivity contribution in [2.45, 2.75) is 25.0 Å². The molecule has 1 saturated heterocycles. The first kappa shape index (κ1) is 8.49. The Labute approximate surface area is 68.1 Å². The van der Waals surface area contributed by atoms with Crippen LogP contribution in [0.15, 0.2) is 0 Å². The van der Waals surface area contributed by atoms with Gasteiger partial charge in [-0.15, -0.1) is 0 Å². The molecule has 0 aromatic heterocycles. The summed E-state index contributed by atoms with van der Waals surface area (Å²) in [5.41, 5.74) is -1.82. The van der Waals surface area contributed by atoms with Gasteiger partial charge < -0.3 is 9.84 Å². The van der Waals surface area contributed by atoms with E-state index in [4.69, 9.17) is 11.6 Å². The molecule has 1 N–H and O–H groups in total. The highest BCUT2D eigenvalue weighted by Crippen LogP contribution is 2.28. The monoisotopic (exact) mass is 178 g/mol. The first-order chi connectivity index (χ1) is 4.97. The minimum Gasteiger partial charge on any atom is -0.459 e. The molecule has 1 fully saturated rings. The van der Waals surface area contributed by atoms with Crippen LogP contribution in [0.1, 0.15) is 13.3 Å². The third-order valence-corrected chi connectivity index (χ3v) is 2.06. The van der Waals surface area contributed by atoms with Gasteiger partial charge in [0.1, 0.15) is 6.10 Å². The zero-order chi connectivity index (χ0) is 8.65. The van der Waals surface area contributed by atoms with Crippen LogP contribution in [0.25, 0.3) is 0 Å². The number of halogens is 1. The third kappa shape index (κ3) is 1.23. The van der Waals surface area contributed by atoms with Gasteiger partial charge in [0.25, 0.3) is 5.24 Å². The summed E-state index contributed by atoms with van der Waals surface area (Å²) in [5, 5.41) is 8.43. The van der Waals surface area contributed by atoms with Crippen molar-refractivity contribution < 1.29 is 19.4 Å². The number of hydrogen-bond acceptors (Lipinski definition) is 4. The largest absolute Gasteiger partial charge is 0.459 e. The van der Waals surface area contributed by atoms with E-state index in [2.05, 4.69) is 4.74 Å². The number of esters is 1. The molecule has 0 bridgehead atoms. The summed E-state index contributed by atoms with van der Waals surface area (Å²) in [6.07, 6.45) is -1.20. The van der Waals surface area contributed by atoms with Gasteiger partial charge in [-0.1, -0.05) is 0 Å². The minimum atomic E-state index is -1.82. The van der Waals surface area contributed by atoms with Crippen molar-refractivity contribution in [1.82, 2.24) is 0 Å². The Morgan fingerprint density at radius 2 is 2.45 bits per heavy atom. The normalized spacial score (nSPS) is 37.0. The van der Waals surface area contributed by atoms with Crippen molar-refractivity contribution in [3.63, 3.8) is 0 Å². The fourth-order valence-corrected chi connectivity index (χ4v) is 1.15. The first-order valence-corrected chi connectivity index (χ1v) is 3.46. The second kappa shape index (κ2) is 2.46. The highest BCUT2D eigenvalue weighted by molar-refractivity contribution is 6.65. The standard InChI is InChI=1S/C6H7ClO4/c1-3-6(10,5(7)9)2-4(8)11-3/h3,10H,2H2,1H3. The molecule has 2 unspecified atom stereocenters. The van der Waals surface area contributed by atoms with E-state index in [9.17, 15) is 14.7 Å². The number of cyclic esters (lactones) is 1. The number of carbonyl (C=O) groups excluding carboxylic acids is 2. The first-order valence-electron chi connectivity index (χ1n) is 3.08. The number of aliphatic hydroxyl groups is 1. The summed E-state index contributed by atoms with van der Waals surface area (Å²) in [4.78, 5) is 21.2. The summed E-state index contributed by atoms with van der Waals surface area (Å²) in [6, 6.07) is 0. The molecule has 2 atom stereocenters. The highest BCUT2D eigenvalue weighted by atomic mass is 35.5. The maximum Gasteiger partial charge on any atom is 0.309 e. The summed E-state index contributed by atoms with van der Waals surface area (Å²) in [6.45, 7) is 1.42. The lowest BCUT2D eigenvalue weighted by molar-refractivity contribution is -0.142. The van der Waals surface area contributed by atoms with Crippen LogP contribution in [0.2, 0.25) is 0 Å². The van der Waals surface area contributed by atoms with Crippen LogP contribution in [-0.4, -0.2) is 28.0 Å². The van der Waals surface area contributed by atoms with Gasteiger partial charge >= 0.3 is 5.97 Å². The van der Waals surface area contributed by atoms with Crippen molar-refractivity contribution >= 4 is 22.8 Å². The van der Waals surface area contributed by atoms with Crippen molar-refractivity contribution in [2.24, 2.45) is 0 Å². The molecule has 11 heavy (non-hydrogen) atoms. The fourth-order valence-electron chi connectivity index (χ4n) is 0.929. The number of hydrogen-bond donors (Lipinski definition) is 1. The van der Waals surface area contributed by atoms with Crippen molar-refractivity contribution in [3.8, 4) is 0 Å². The summed E-state index contributed by atoms with van der Waals surface area (Å²) >= 11 is 5.06. The topological polar surface area (TPSA) is 63.6 Å². The quantitative estimate of drug-likeness (QED) is 0.447. The maximum absolute atomic E-state index is 10.6. The SMILES string of the molecule is CC1OC(=O)CC1(O)C(=O)Cl. The van der Waals surface area contributed by atoms with Crippen LogP contribution in [0.5, 0.6) is 0 Å². The molecule has 4 nitrogen and oxygen atoms in total. The summed E-state index contributed by atoms with van der Waals surface area (Å²) < 4.78 is 4.54. The second-order valence-electron chi connectivity index (χ2n) is 2.51. The molecule has 62 valence electrons. The zero-order valence-electron chi connectivity index (χ0n) is 5.83. The van der Waals surface area contributed by atoms with Crippen LogP contribution in [0, 0.1) is 0 Å². The van der Waals surface area contributed by atoms with Gasteiger partial charge in [0.2, 0.25) is 0 Å². The molecule has 1 heterocycles. The molecule has 0 aliphatic carbocycles. The average Bonchev–Trinajstić information content (AvgIpc) is 2.08. The van der Waals surface area contributed by atoms with E-state index in [1.165, 1.54) is 6.92 Å². The van der Waals surface area contributed by atoms with Gasteiger partial charge in [-0.2, -0.15) is 0 Å². The van der Waals surface area contributed by atoms with E-state index in [0.717, 1.165) is 0 Å². The Kier molecular flexibility index (Phi) is 1.90. The maximum atomic E-state index is 10.6. The molecule has 0 aromatic rings. The molecule has 0 amide bonds. The molecule has 0 saturated carbocycles. The minimum absolute atomic E-state index is 0.351. The van der Waals surface area contributed by atoms with Gasteiger partial charge in [0, 0.05) is 0 Å². The Morgan fingerprint density at radius 3 is 2.64 bits per heavy atom. The van der Waals surface area contributed by atoms with E-state index < -0.39 is 22.9 Å². The molecular formula is C6H7ClO4. The predicted molar refractivity (Wildman–Crippen MR) is 36.0 cm³/mol. The molecule has 1 aliphatic rings. The van der Waals surface area contributed by atoms with E-state index in [1.54, 1.807) is 0 Å². The van der Waals surface area contributed by atoms with Gasteiger partial charge in [0.15, 0.2) is 5.60 Å². The zero-order valence-corrected chi connectivity index (χ0v) is 6.59. The molecule has 5 heteroatoms. The van der Waals surface area contributed by atoms with Gasteiger partial charge in [0.05, 0.1) is 6.42 Å². The summed E-state index contributed by atoms with van der Waals surface area (Å²) in [5.74, 6) is -0.603. The third-order valence-electron chi connectivity index (χ3n) is 1.73. The van der Waals surface area contributed by atoms with E-state index in [-0.39, 0.29) is 6.42 Å². The average molecular weight is 179 g/mol. The molecule has 1 rings (SSSR count). The van der Waals surface area contributed by atoms with Crippen LogP contribution >= 0.6 is 11.6 Å². The van der Waals surface area contributed by atoms with Crippen molar-refractivity contribution in [3.05, 3.63) is 0 Å². The fraction of sp³-hybridized carbons (Fsp3) is 0.667. The van der Waals surface area contributed by atoms with Crippen LogP contribution in [0.3, 0.4) is 0 Å². The molecule has 0 aromatic carbocycles. The van der Waals surface area contributed by atoms with Crippen LogP contribution < -0.4 is 0 Å². The molecule has 0 spiro atoms. The van der Waals surface area contributed by atoms with Crippen molar-refractivity contribution in [2.75, 3.05) is 0 Å². The number of carbonyl (C=O) groups is 2. The van der Waals surface area contributed by atoms with Crippen LogP contribution in [-0.2, 0) is 14.3 Å². The van der Waals surface area contributed by atoms with E-state index >= 15 is 0 Å². The lowest BCUT2D eigenvalue weighted by Gasteiger charge is -2.18. The van der Waals surface area contributed by atoms with Gasteiger partial charge in [-0.3, -0.25) is 9.59 Å². The van der Waals surface area contributed by atoms with E-state index in [0.29, 0.717) is 0 Å². The Hall–Kier alpha value is -0.610. The molecule has 1 aliphatic heterocycles. The summed E-state index contributed by atoms with van der Waals surface area (Å²) in [7, 11) is 0. The number of rotatable bonds is 1. The van der Waals surface area contributed by atoms with Gasteiger partial charge in [-0.05, 0) is 18.5 Å². The lowest BCUT2D eigenvalue weighted by atomic mass is 9.99. The highest BCUT2D eigenvalue weighted by Gasteiger charge is 2.50. The Morgan fingerprint density at radius 1 is 1.91 bits per heavy atom. The van der Waals surface area contributed by atoms with Crippen LogP contribution in [0.4, 0.5) is 0 Å². The second-order valence-corrected chi connectivity index (χ2v) is 2.85. The smallest absolute Gasteiger partial charge is 0.309 e. The van der Waals surface area contributed by atoms with Crippen molar-refractivity contribution in [1.29, 1.82) is 0 Å². The Bertz CT molecular complexity index is 215. The molecular weight excluding hydrogens is 172 g/mol. The van der Waals surface area contributed by atoms with E-state index in [1.807, 2.05) is 0 Å². The Balaban J connectivity index is 2.87.